The van der Waals surface area contributed by atoms with Crippen molar-refractivity contribution in [1.29, 1.82) is 0 Å². The number of carbonyl (C=O) groups is 1. The summed E-state index contributed by atoms with van der Waals surface area (Å²) in [4.78, 5) is 13.7. The van der Waals surface area contributed by atoms with Gasteiger partial charge in [-0.2, -0.15) is 0 Å². The standard InChI is InChI=1S/C12H18N2O2/c15-12(14-5-2-1-3-6-14)9-13-8-11-4-7-16-10-11/h4,7,10,13H,1-3,5-6,8-9H2. The molecule has 0 unspecified atom stereocenters. The number of hydrogen-bond acceptors (Lipinski definition) is 3. The molecule has 4 nitrogen and oxygen atoms in total. The van der Waals surface area contributed by atoms with Gasteiger partial charge in [-0.25, -0.2) is 0 Å². The van der Waals surface area contributed by atoms with E-state index in [1.165, 1.54) is 6.42 Å². The molecule has 1 fully saturated rings. The molecule has 1 aromatic rings. The zero-order valence-corrected chi connectivity index (χ0v) is 9.45. The average Bonchev–Trinajstić information content (AvgIpc) is 2.83. The molecule has 1 aliphatic rings. The smallest absolute Gasteiger partial charge is 0.236 e. The number of furan rings is 1. The Morgan fingerprint density at radius 3 is 2.88 bits per heavy atom. The number of piperidine rings is 1. The van der Waals surface area contributed by atoms with Crippen LogP contribution >= 0.6 is 0 Å². The number of hydrogen-bond donors (Lipinski definition) is 1. The van der Waals surface area contributed by atoms with E-state index in [-0.39, 0.29) is 5.91 Å². The van der Waals surface area contributed by atoms with Gasteiger partial charge in [-0.05, 0) is 25.3 Å². The summed E-state index contributed by atoms with van der Waals surface area (Å²) < 4.78 is 4.95. The summed E-state index contributed by atoms with van der Waals surface area (Å²) >= 11 is 0. The first-order chi connectivity index (χ1) is 7.86. The van der Waals surface area contributed by atoms with E-state index in [2.05, 4.69) is 5.32 Å². The monoisotopic (exact) mass is 222 g/mol. The third-order valence-electron chi connectivity index (χ3n) is 2.89. The highest BCUT2D eigenvalue weighted by molar-refractivity contribution is 5.78. The van der Waals surface area contributed by atoms with Gasteiger partial charge < -0.3 is 14.6 Å². The van der Waals surface area contributed by atoms with Crippen LogP contribution in [-0.4, -0.2) is 30.4 Å². The lowest BCUT2D eigenvalue weighted by atomic mass is 10.1. The molecule has 1 aliphatic heterocycles. The predicted octanol–water partition coefficient (Wildman–Crippen LogP) is 1.38. The summed E-state index contributed by atoms with van der Waals surface area (Å²) in [5.74, 6) is 0.211. The Bertz CT molecular complexity index is 316. The van der Waals surface area contributed by atoms with E-state index in [0.717, 1.165) is 31.5 Å². The Hall–Kier alpha value is -1.29. The molecule has 2 rings (SSSR count). The number of amides is 1. The van der Waals surface area contributed by atoms with Crippen molar-refractivity contribution < 1.29 is 9.21 Å². The first kappa shape index (κ1) is 11.2. The van der Waals surface area contributed by atoms with Crippen molar-refractivity contribution in [2.24, 2.45) is 0 Å². The molecule has 0 radical (unpaired) electrons. The number of nitrogens with zero attached hydrogens (tertiary/aromatic N) is 1. The molecule has 1 N–H and O–H groups in total. The number of rotatable bonds is 4. The highest BCUT2D eigenvalue weighted by Gasteiger charge is 2.15. The first-order valence-corrected chi connectivity index (χ1v) is 5.86. The van der Waals surface area contributed by atoms with Crippen LogP contribution in [-0.2, 0) is 11.3 Å². The Morgan fingerprint density at radius 2 is 2.19 bits per heavy atom. The molecular weight excluding hydrogens is 204 g/mol. The van der Waals surface area contributed by atoms with Crippen LogP contribution in [0.2, 0.25) is 0 Å². The fraction of sp³-hybridized carbons (Fsp3) is 0.583. The zero-order valence-electron chi connectivity index (χ0n) is 9.45. The molecule has 0 spiro atoms. The molecular formula is C12H18N2O2. The minimum Gasteiger partial charge on any atom is -0.472 e. The second-order valence-electron chi connectivity index (χ2n) is 4.18. The molecule has 0 saturated carbocycles. The second kappa shape index (κ2) is 5.70. The Balaban J connectivity index is 1.67. The molecule has 4 heteroatoms. The quantitative estimate of drug-likeness (QED) is 0.837. The van der Waals surface area contributed by atoms with Crippen LogP contribution in [0.4, 0.5) is 0 Å². The first-order valence-electron chi connectivity index (χ1n) is 5.86. The van der Waals surface area contributed by atoms with Gasteiger partial charge in [0.05, 0.1) is 19.1 Å². The van der Waals surface area contributed by atoms with Gasteiger partial charge in [-0.3, -0.25) is 4.79 Å². The van der Waals surface area contributed by atoms with Crippen molar-refractivity contribution in [3.63, 3.8) is 0 Å². The van der Waals surface area contributed by atoms with Crippen LogP contribution in [0.5, 0.6) is 0 Å². The fourth-order valence-electron chi connectivity index (χ4n) is 1.96. The molecule has 16 heavy (non-hydrogen) atoms. The lowest BCUT2D eigenvalue weighted by Crippen LogP contribution is -2.40. The summed E-state index contributed by atoms with van der Waals surface area (Å²) in [5, 5.41) is 3.13. The molecule has 2 heterocycles. The summed E-state index contributed by atoms with van der Waals surface area (Å²) in [5.41, 5.74) is 1.08. The number of likely N-dealkylation sites (tertiary alicyclic amines) is 1. The Morgan fingerprint density at radius 1 is 1.38 bits per heavy atom. The van der Waals surface area contributed by atoms with Crippen LogP contribution in [0.1, 0.15) is 24.8 Å². The molecule has 0 aromatic carbocycles. The molecule has 0 atom stereocenters. The van der Waals surface area contributed by atoms with Crippen LogP contribution in [0, 0.1) is 0 Å². The summed E-state index contributed by atoms with van der Waals surface area (Å²) in [6.45, 7) is 2.96. The van der Waals surface area contributed by atoms with Crippen LogP contribution in [0.25, 0.3) is 0 Å². The van der Waals surface area contributed by atoms with Crippen molar-refractivity contribution in [3.8, 4) is 0 Å². The van der Waals surface area contributed by atoms with Gasteiger partial charge in [-0.15, -0.1) is 0 Å². The highest BCUT2D eigenvalue weighted by Crippen LogP contribution is 2.08. The van der Waals surface area contributed by atoms with E-state index < -0.39 is 0 Å². The molecule has 88 valence electrons. The van der Waals surface area contributed by atoms with E-state index in [1.54, 1.807) is 12.5 Å². The number of nitrogens with one attached hydrogen (secondary N) is 1. The van der Waals surface area contributed by atoms with E-state index in [0.29, 0.717) is 13.1 Å². The van der Waals surface area contributed by atoms with Crippen molar-refractivity contribution >= 4 is 5.91 Å². The van der Waals surface area contributed by atoms with Gasteiger partial charge in [0.1, 0.15) is 0 Å². The third kappa shape index (κ3) is 3.10. The fourth-order valence-corrected chi connectivity index (χ4v) is 1.96. The van der Waals surface area contributed by atoms with Gasteiger partial charge in [0, 0.05) is 25.2 Å². The molecule has 1 saturated heterocycles. The third-order valence-corrected chi connectivity index (χ3v) is 2.89. The van der Waals surface area contributed by atoms with E-state index >= 15 is 0 Å². The van der Waals surface area contributed by atoms with Crippen molar-refractivity contribution in [1.82, 2.24) is 10.2 Å². The van der Waals surface area contributed by atoms with E-state index in [9.17, 15) is 4.79 Å². The van der Waals surface area contributed by atoms with Gasteiger partial charge in [0.15, 0.2) is 0 Å². The molecule has 0 aliphatic carbocycles. The molecule has 1 amide bonds. The minimum absolute atomic E-state index is 0.211. The van der Waals surface area contributed by atoms with Crippen LogP contribution in [0.3, 0.4) is 0 Å². The van der Waals surface area contributed by atoms with Gasteiger partial charge in [0.25, 0.3) is 0 Å². The van der Waals surface area contributed by atoms with Crippen LogP contribution in [0.15, 0.2) is 23.0 Å². The topological polar surface area (TPSA) is 45.5 Å². The maximum absolute atomic E-state index is 11.8. The largest absolute Gasteiger partial charge is 0.472 e. The summed E-state index contributed by atoms with van der Waals surface area (Å²) in [7, 11) is 0. The van der Waals surface area contributed by atoms with E-state index in [4.69, 9.17) is 4.42 Å². The molecule has 0 bridgehead atoms. The highest BCUT2D eigenvalue weighted by atomic mass is 16.3. The zero-order chi connectivity index (χ0) is 11.2. The Kier molecular flexibility index (Phi) is 3.99. The van der Waals surface area contributed by atoms with Crippen molar-refractivity contribution in [2.45, 2.75) is 25.8 Å². The minimum atomic E-state index is 0.211. The van der Waals surface area contributed by atoms with Crippen molar-refractivity contribution in [2.75, 3.05) is 19.6 Å². The summed E-state index contributed by atoms with van der Waals surface area (Å²) in [6.07, 6.45) is 6.88. The summed E-state index contributed by atoms with van der Waals surface area (Å²) in [6, 6.07) is 1.90. The maximum atomic E-state index is 11.8. The molecule has 1 aromatic heterocycles. The van der Waals surface area contributed by atoms with Gasteiger partial charge in [-0.1, -0.05) is 0 Å². The maximum Gasteiger partial charge on any atom is 0.236 e. The van der Waals surface area contributed by atoms with Crippen molar-refractivity contribution in [3.05, 3.63) is 24.2 Å². The SMILES string of the molecule is O=C(CNCc1ccoc1)N1CCCCC1. The second-order valence-corrected chi connectivity index (χ2v) is 4.18. The number of carbonyl (C=O) groups excluding carboxylic acids is 1. The van der Waals surface area contributed by atoms with Gasteiger partial charge in [0.2, 0.25) is 5.91 Å². The van der Waals surface area contributed by atoms with Crippen LogP contribution < -0.4 is 5.32 Å². The van der Waals surface area contributed by atoms with E-state index in [1.807, 2.05) is 11.0 Å². The average molecular weight is 222 g/mol. The van der Waals surface area contributed by atoms with Gasteiger partial charge >= 0.3 is 0 Å². The predicted molar refractivity (Wildman–Crippen MR) is 60.8 cm³/mol. The lowest BCUT2D eigenvalue weighted by Gasteiger charge is -2.26. The lowest BCUT2D eigenvalue weighted by molar-refractivity contribution is -0.131. The Labute approximate surface area is 95.6 Å². The normalized spacial score (nSPS) is 16.4.